The van der Waals surface area contributed by atoms with Gasteiger partial charge in [0.1, 0.15) is 18.5 Å². The largest absolute Gasteiger partial charge is 0.491 e. The Balaban J connectivity index is 2.29. The van der Waals surface area contributed by atoms with E-state index in [1.807, 2.05) is 12.1 Å². The average molecular weight is 293 g/mol. The van der Waals surface area contributed by atoms with Crippen LogP contribution in [0.15, 0.2) is 18.2 Å². The van der Waals surface area contributed by atoms with Crippen molar-refractivity contribution in [3.05, 3.63) is 29.3 Å². The number of rotatable bonds is 9. The molecule has 0 spiro atoms. The SMILES string of the molecule is CCC(C)CC(C)NCC(O)COc1cc(C)cc(C)c1. The Morgan fingerprint density at radius 3 is 2.33 bits per heavy atom. The summed E-state index contributed by atoms with van der Waals surface area (Å²) in [5.74, 6) is 1.55. The lowest BCUT2D eigenvalue weighted by atomic mass is 10.0. The van der Waals surface area contributed by atoms with E-state index < -0.39 is 6.10 Å². The summed E-state index contributed by atoms with van der Waals surface area (Å²) in [6, 6.07) is 6.54. The first kappa shape index (κ1) is 18.0. The van der Waals surface area contributed by atoms with Gasteiger partial charge in [-0.05, 0) is 56.4 Å². The first-order chi connectivity index (χ1) is 9.90. The molecule has 0 aliphatic carbocycles. The summed E-state index contributed by atoms with van der Waals surface area (Å²) in [5.41, 5.74) is 2.36. The predicted octanol–water partition coefficient (Wildman–Crippen LogP) is 3.46. The number of hydrogen-bond acceptors (Lipinski definition) is 3. The molecule has 2 N–H and O–H groups in total. The van der Waals surface area contributed by atoms with E-state index in [0.717, 1.165) is 18.1 Å². The second-order valence-electron chi connectivity index (χ2n) is 6.35. The van der Waals surface area contributed by atoms with Crippen LogP contribution in [0.1, 0.15) is 44.7 Å². The van der Waals surface area contributed by atoms with Crippen LogP contribution in [0.5, 0.6) is 5.75 Å². The van der Waals surface area contributed by atoms with E-state index in [9.17, 15) is 5.11 Å². The lowest BCUT2D eigenvalue weighted by Crippen LogP contribution is -2.37. The van der Waals surface area contributed by atoms with Crippen molar-refractivity contribution in [3.63, 3.8) is 0 Å². The van der Waals surface area contributed by atoms with Gasteiger partial charge in [0.25, 0.3) is 0 Å². The molecular formula is C18H31NO2. The molecule has 0 heterocycles. The number of nitrogens with one attached hydrogen (secondary N) is 1. The van der Waals surface area contributed by atoms with Crippen LogP contribution >= 0.6 is 0 Å². The molecule has 0 radical (unpaired) electrons. The molecule has 3 unspecified atom stereocenters. The van der Waals surface area contributed by atoms with Gasteiger partial charge < -0.3 is 15.2 Å². The number of hydrogen-bond donors (Lipinski definition) is 2. The molecule has 1 aromatic carbocycles. The Hall–Kier alpha value is -1.06. The minimum absolute atomic E-state index is 0.325. The van der Waals surface area contributed by atoms with E-state index in [-0.39, 0.29) is 0 Å². The van der Waals surface area contributed by atoms with Crippen molar-refractivity contribution in [3.8, 4) is 5.75 Å². The van der Waals surface area contributed by atoms with E-state index >= 15 is 0 Å². The van der Waals surface area contributed by atoms with Gasteiger partial charge in [0.15, 0.2) is 0 Å². The van der Waals surface area contributed by atoms with Crippen molar-refractivity contribution in [2.75, 3.05) is 13.2 Å². The van der Waals surface area contributed by atoms with Gasteiger partial charge in [0.2, 0.25) is 0 Å². The van der Waals surface area contributed by atoms with Crippen LogP contribution in [0.25, 0.3) is 0 Å². The second-order valence-corrected chi connectivity index (χ2v) is 6.35. The first-order valence-corrected chi connectivity index (χ1v) is 8.03. The van der Waals surface area contributed by atoms with Crippen molar-refractivity contribution in [2.45, 2.75) is 59.6 Å². The molecule has 0 saturated heterocycles. The Labute approximate surface area is 129 Å². The number of aliphatic hydroxyl groups excluding tert-OH is 1. The van der Waals surface area contributed by atoms with Crippen LogP contribution in [0.2, 0.25) is 0 Å². The van der Waals surface area contributed by atoms with Crippen LogP contribution in [0.4, 0.5) is 0 Å². The Bertz CT molecular complexity index is 399. The zero-order chi connectivity index (χ0) is 15.8. The summed E-state index contributed by atoms with van der Waals surface area (Å²) in [6.07, 6.45) is 1.86. The van der Waals surface area contributed by atoms with E-state index in [4.69, 9.17) is 4.74 Å². The quantitative estimate of drug-likeness (QED) is 0.732. The minimum Gasteiger partial charge on any atom is -0.491 e. The Kier molecular flexibility index (Phi) is 7.76. The highest BCUT2D eigenvalue weighted by Crippen LogP contribution is 2.16. The molecule has 0 aliphatic rings. The molecule has 0 saturated carbocycles. The van der Waals surface area contributed by atoms with Gasteiger partial charge in [-0.3, -0.25) is 0 Å². The molecule has 0 fully saturated rings. The van der Waals surface area contributed by atoms with Crippen LogP contribution in [-0.2, 0) is 0 Å². The number of benzene rings is 1. The molecular weight excluding hydrogens is 262 g/mol. The normalized spacial score (nSPS) is 15.5. The molecule has 3 nitrogen and oxygen atoms in total. The molecule has 1 rings (SSSR count). The fourth-order valence-electron chi connectivity index (χ4n) is 2.46. The summed E-state index contributed by atoms with van der Waals surface area (Å²) >= 11 is 0. The van der Waals surface area contributed by atoms with Gasteiger partial charge in [-0.1, -0.05) is 26.3 Å². The molecule has 0 bridgehead atoms. The third-order valence-corrected chi connectivity index (χ3v) is 3.79. The third kappa shape index (κ3) is 7.49. The van der Waals surface area contributed by atoms with E-state index in [1.54, 1.807) is 0 Å². The summed E-state index contributed by atoms with van der Waals surface area (Å²) in [7, 11) is 0. The maximum atomic E-state index is 10.0. The highest BCUT2D eigenvalue weighted by Gasteiger charge is 2.10. The minimum atomic E-state index is -0.481. The molecule has 3 atom stereocenters. The third-order valence-electron chi connectivity index (χ3n) is 3.79. The topological polar surface area (TPSA) is 41.5 Å². The number of aryl methyl sites for hydroxylation is 2. The predicted molar refractivity (Wildman–Crippen MR) is 89.0 cm³/mol. The highest BCUT2D eigenvalue weighted by atomic mass is 16.5. The number of aliphatic hydroxyl groups is 1. The smallest absolute Gasteiger partial charge is 0.119 e. The van der Waals surface area contributed by atoms with Crippen LogP contribution < -0.4 is 10.1 Å². The first-order valence-electron chi connectivity index (χ1n) is 8.03. The summed E-state index contributed by atoms with van der Waals surface area (Å²) in [5, 5.41) is 13.4. The maximum absolute atomic E-state index is 10.0. The maximum Gasteiger partial charge on any atom is 0.119 e. The van der Waals surface area contributed by atoms with Crippen molar-refractivity contribution in [2.24, 2.45) is 5.92 Å². The highest BCUT2D eigenvalue weighted by molar-refractivity contribution is 5.32. The van der Waals surface area contributed by atoms with Crippen LogP contribution in [0.3, 0.4) is 0 Å². The fourth-order valence-corrected chi connectivity index (χ4v) is 2.46. The van der Waals surface area contributed by atoms with Gasteiger partial charge in [0, 0.05) is 12.6 Å². The van der Waals surface area contributed by atoms with Crippen molar-refractivity contribution in [1.29, 1.82) is 0 Å². The lowest BCUT2D eigenvalue weighted by molar-refractivity contribution is 0.103. The summed E-state index contributed by atoms with van der Waals surface area (Å²) < 4.78 is 5.67. The second kappa shape index (κ2) is 9.06. The van der Waals surface area contributed by atoms with Crippen LogP contribution in [-0.4, -0.2) is 30.4 Å². The van der Waals surface area contributed by atoms with E-state index in [1.165, 1.54) is 17.5 Å². The summed E-state index contributed by atoms with van der Waals surface area (Å²) in [4.78, 5) is 0. The fraction of sp³-hybridized carbons (Fsp3) is 0.667. The zero-order valence-corrected chi connectivity index (χ0v) is 14.1. The molecule has 0 aromatic heterocycles. The van der Waals surface area contributed by atoms with Gasteiger partial charge >= 0.3 is 0 Å². The molecule has 120 valence electrons. The van der Waals surface area contributed by atoms with Gasteiger partial charge in [-0.2, -0.15) is 0 Å². The van der Waals surface area contributed by atoms with Crippen molar-refractivity contribution < 1.29 is 9.84 Å². The van der Waals surface area contributed by atoms with E-state index in [0.29, 0.717) is 19.2 Å². The lowest BCUT2D eigenvalue weighted by Gasteiger charge is -2.20. The standard InChI is InChI=1S/C18H31NO2/c1-6-13(2)8-16(5)19-11-17(20)12-21-18-9-14(3)7-15(4)10-18/h7,9-10,13,16-17,19-20H,6,8,11-12H2,1-5H3. The molecule has 21 heavy (non-hydrogen) atoms. The Morgan fingerprint density at radius 1 is 1.14 bits per heavy atom. The zero-order valence-electron chi connectivity index (χ0n) is 14.1. The molecule has 3 heteroatoms. The van der Waals surface area contributed by atoms with Crippen LogP contribution in [0, 0.1) is 19.8 Å². The van der Waals surface area contributed by atoms with Crippen molar-refractivity contribution in [1.82, 2.24) is 5.32 Å². The summed E-state index contributed by atoms with van der Waals surface area (Å²) in [6.45, 7) is 11.6. The molecule has 0 aliphatic heterocycles. The monoisotopic (exact) mass is 293 g/mol. The molecule has 1 aromatic rings. The number of ether oxygens (including phenoxy) is 1. The Morgan fingerprint density at radius 2 is 1.76 bits per heavy atom. The van der Waals surface area contributed by atoms with Crippen molar-refractivity contribution >= 4 is 0 Å². The van der Waals surface area contributed by atoms with Gasteiger partial charge in [-0.25, -0.2) is 0 Å². The average Bonchev–Trinajstić information content (AvgIpc) is 2.41. The molecule has 0 amide bonds. The van der Waals surface area contributed by atoms with E-state index in [2.05, 4.69) is 46.0 Å². The van der Waals surface area contributed by atoms with Gasteiger partial charge in [-0.15, -0.1) is 0 Å². The van der Waals surface area contributed by atoms with Gasteiger partial charge in [0.05, 0.1) is 0 Å².